The van der Waals surface area contributed by atoms with E-state index in [2.05, 4.69) is 17.0 Å². The molecule has 1 fully saturated rings. The molecule has 0 bridgehead atoms. The maximum Gasteiger partial charge on any atom is 0.244 e. The molecule has 0 aliphatic carbocycles. The second kappa shape index (κ2) is 9.66. The number of fused-ring (bicyclic) bond motifs is 1. The third kappa shape index (κ3) is 5.17. The quantitative estimate of drug-likeness (QED) is 0.525. The van der Waals surface area contributed by atoms with E-state index in [1.165, 1.54) is 28.4 Å². The number of aryl methyl sites for hydroxylation is 2. The van der Waals surface area contributed by atoms with Crippen LogP contribution in [0.5, 0.6) is 0 Å². The Balaban J connectivity index is 1.62. The molecule has 2 aromatic carbocycles. The molecule has 32 heavy (non-hydrogen) atoms. The highest BCUT2D eigenvalue weighted by molar-refractivity contribution is 7.92. The summed E-state index contributed by atoms with van der Waals surface area (Å²) in [5.74, 6) is -1.05. The number of nitrogens with zero attached hydrogens (tertiary/aromatic N) is 3. The van der Waals surface area contributed by atoms with Crippen molar-refractivity contribution in [3.05, 3.63) is 53.6 Å². The number of thiazole rings is 1. The highest BCUT2D eigenvalue weighted by Gasteiger charge is 2.27. The van der Waals surface area contributed by atoms with Gasteiger partial charge >= 0.3 is 0 Å². The lowest BCUT2D eigenvalue weighted by molar-refractivity contribution is -0.116. The molecule has 0 N–H and O–H groups in total. The number of amides is 1. The molecule has 0 saturated carbocycles. The van der Waals surface area contributed by atoms with Gasteiger partial charge in [0.05, 0.1) is 28.3 Å². The van der Waals surface area contributed by atoms with Crippen molar-refractivity contribution >= 4 is 42.4 Å². The number of carbonyl (C=O) groups is 1. The van der Waals surface area contributed by atoms with Gasteiger partial charge in [0, 0.05) is 26.2 Å². The molecule has 1 aliphatic heterocycles. The Morgan fingerprint density at radius 2 is 1.88 bits per heavy atom. The molecule has 3 aromatic rings. The van der Waals surface area contributed by atoms with E-state index < -0.39 is 21.5 Å². The zero-order valence-electron chi connectivity index (χ0n) is 18.3. The van der Waals surface area contributed by atoms with E-state index in [1.807, 2.05) is 13.8 Å². The van der Waals surface area contributed by atoms with Gasteiger partial charge < -0.3 is 4.74 Å². The number of carbonyl (C=O) groups excluding carboxylic acids is 1. The fourth-order valence-electron chi connectivity index (χ4n) is 3.82. The van der Waals surface area contributed by atoms with Gasteiger partial charge in [-0.3, -0.25) is 14.6 Å². The molecule has 9 heteroatoms. The number of morpholine rings is 1. The summed E-state index contributed by atoms with van der Waals surface area (Å²) in [5, 5.41) is 0.537. The minimum atomic E-state index is -3.75. The Morgan fingerprint density at radius 3 is 2.59 bits per heavy atom. The first-order valence-electron chi connectivity index (χ1n) is 10.6. The van der Waals surface area contributed by atoms with Gasteiger partial charge in [0.15, 0.2) is 15.0 Å². The van der Waals surface area contributed by atoms with Crippen molar-refractivity contribution in [3.8, 4) is 0 Å². The van der Waals surface area contributed by atoms with Gasteiger partial charge in [-0.1, -0.05) is 35.6 Å². The van der Waals surface area contributed by atoms with E-state index in [4.69, 9.17) is 9.72 Å². The van der Waals surface area contributed by atoms with Crippen molar-refractivity contribution in [2.75, 3.05) is 50.0 Å². The van der Waals surface area contributed by atoms with Crippen LogP contribution in [0, 0.1) is 13.8 Å². The van der Waals surface area contributed by atoms with E-state index in [0.717, 1.165) is 34.4 Å². The van der Waals surface area contributed by atoms with E-state index >= 15 is 0 Å². The van der Waals surface area contributed by atoms with Gasteiger partial charge in [-0.25, -0.2) is 13.4 Å². The molecular formula is C23H27N3O4S2. The fraction of sp³-hybridized carbons (Fsp3) is 0.391. The summed E-state index contributed by atoms with van der Waals surface area (Å²) in [6.45, 7) is 7.95. The average Bonchev–Trinajstić information content (AvgIpc) is 3.19. The van der Waals surface area contributed by atoms with Crippen LogP contribution in [0.25, 0.3) is 10.2 Å². The summed E-state index contributed by atoms with van der Waals surface area (Å²) < 4.78 is 32.1. The second-order valence-electron chi connectivity index (χ2n) is 8.00. The number of ether oxygens (including phenoxy) is 1. The van der Waals surface area contributed by atoms with Crippen LogP contribution in [0.3, 0.4) is 0 Å². The lowest BCUT2D eigenvalue weighted by atomic mass is 10.1. The van der Waals surface area contributed by atoms with Gasteiger partial charge in [-0.15, -0.1) is 0 Å². The molecule has 4 rings (SSSR count). The maximum atomic E-state index is 13.3. The Bertz CT molecular complexity index is 1200. The monoisotopic (exact) mass is 473 g/mol. The number of rotatable bonds is 7. The molecule has 1 aliphatic rings. The SMILES string of the molecule is Cc1cc(C)c2nc(N(CCN3CCOCC3)C(=O)CS(=O)(=O)c3ccccc3)sc2c1. The molecule has 1 amide bonds. The van der Waals surface area contributed by atoms with Crippen LogP contribution in [-0.4, -0.2) is 69.4 Å². The van der Waals surface area contributed by atoms with Gasteiger partial charge in [0.1, 0.15) is 5.75 Å². The topological polar surface area (TPSA) is 79.8 Å². The van der Waals surface area contributed by atoms with E-state index in [1.54, 1.807) is 18.2 Å². The molecule has 0 spiro atoms. The Hall–Kier alpha value is -2.33. The van der Waals surface area contributed by atoms with Crippen molar-refractivity contribution in [2.24, 2.45) is 0 Å². The summed E-state index contributed by atoms with van der Waals surface area (Å²) in [7, 11) is -3.75. The zero-order valence-corrected chi connectivity index (χ0v) is 19.9. The molecule has 0 radical (unpaired) electrons. The molecule has 0 unspecified atom stereocenters. The smallest absolute Gasteiger partial charge is 0.244 e. The van der Waals surface area contributed by atoms with Crippen LogP contribution < -0.4 is 4.90 Å². The van der Waals surface area contributed by atoms with Crippen LogP contribution in [-0.2, 0) is 19.4 Å². The zero-order chi connectivity index (χ0) is 22.7. The number of aromatic nitrogens is 1. The normalized spacial score (nSPS) is 15.2. The molecule has 170 valence electrons. The Kier molecular flexibility index (Phi) is 6.90. The molecule has 0 atom stereocenters. The lowest BCUT2D eigenvalue weighted by Crippen LogP contribution is -2.44. The minimum Gasteiger partial charge on any atom is -0.379 e. The lowest BCUT2D eigenvalue weighted by Gasteiger charge is -2.29. The molecule has 1 saturated heterocycles. The van der Waals surface area contributed by atoms with Gasteiger partial charge in [-0.2, -0.15) is 0 Å². The van der Waals surface area contributed by atoms with Gasteiger partial charge in [0.2, 0.25) is 5.91 Å². The molecule has 7 nitrogen and oxygen atoms in total. The van der Waals surface area contributed by atoms with Gasteiger partial charge in [-0.05, 0) is 43.2 Å². The van der Waals surface area contributed by atoms with Crippen molar-refractivity contribution in [2.45, 2.75) is 18.7 Å². The van der Waals surface area contributed by atoms with E-state index in [9.17, 15) is 13.2 Å². The highest BCUT2D eigenvalue weighted by Crippen LogP contribution is 2.32. The number of benzene rings is 2. The van der Waals surface area contributed by atoms with Crippen LogP contribution in [0.1, 0.15) is 11.1 Å². The van der Waals surface area contributed by atoms with E-state index in [-0.39, 0.29) is 4.90 Å². The third-order valence-electron chi connectivity index (χ3n) is 5.51. The standard InChI is InChI=1S/C23H27N3O4S2/c1-17-14-18(2)22-20(15-17)31-23(24-22)26(9-8-25-10-12-30-13-11-25)21(27)16-32(28,29)19-6-4-3-5-7-19/h3-7,14-15H,8-13,16H2,1-2H3. The predicted molar refractivity (Wildman–Crippen MR) is 127 cm³/mol. The molecule has 1 aromatic heterocycles. The Morgan fingerprint density at radius 1 is 1.16 bits per heavy atom. The number of hydrogen-bond donors (Lipinski definition) is 0. The largest absolute Gasteiger partial charge is 0.379 e. The van der Waals surface area contributed by atoms with Gasteiger partial charge in [0.25, 0.3) is 0 Å². The first kappa shape index (κ1) is 22.8. The summed E-state index contributed by atoms with van der Waals surface area (Å²) in [4.78, 5) is 21.9. The molecule has 2 heterocycles. The van der Waals surface area contributed by atoms with Crippen LogP contribution >= 0.6 is 11.3 Å². The second-order valence-corrected chi connectivity index (χ2v) is 11.0. The van der Waals surface area contributed by atoms with Crippen LogP contribution in [0.15, 0.2) is 47.4 Å². The first-order chi connectivity index (χ1) is 15.3. The maximum absolute atomic E-state index is 13.3. The van der Waals surface area contributed by atoms with Crippen molar-refractivity contribution in [3.63, 3.8) is 0 Å². The number of anilines is 1. The van der Waals surface area contributed by atoms with Crippen molar-refractivity contribution in [1.82, 2.24) is 9.88 Å². The average molecular weight is 474 g/mol. The number of hydrogen-bond acceptors (Lipinski definition) is 7. The van der Waals surface area contributed by atoms with E-state index in [0.29, 0.717) is 31.4 Å². The predicted octanol–water partition coefficient (Wildman–Crippen LogP) is 3.05. The fourth-order valence-corrected chi connectivity index (χ4v) is 6.22. The summed E-state index contributed by atoms with van der Waals surface area (Å²) in [6.07, 6.45) is 0. The summed E-state index contributed by atoms with van der Waals surface area (Å²) >= 11 is 1.43. The van der Waals surface area contributed by atoms with Crippen LogP contribution in [0.2, 0.25) is 0 Å². The van der Waals surface area contributed by atoms with Crippen LogP contribution in [0.4, 0.5) is 5.13 Å². The molecular weight excluding hydrogens is 446 g/mol. The summed E-state index contributed by atoms with van der Waals surface area (Å²) in [5.41, 5.74) is 3.02. The van der Waals surface area contributed by atoms with Crippen molar-refractivity contribution in [1.29, 1.82) is 0 Å². The Labute approximate surface area is 192 Å². The highest BCUT2D eigenvalue weighted by atomic mass is 32.2. The van der Waals surface area contributed by atoms with Crippen molar-refractivity contribution < 1.29 is 17.9 Å². The number of sulfone groups is 1. The first-order valence-corrected chi connectivity index (χ1v) is 13.1. The summed E-state index contributed by atoms with van der Waals surface area (Å²) in [6, 6.07) is 12.2. The minimum absolute atomic E-state index is 0.150. The third-order valence-corrected chi connectivity index (χ3v) is 8.15.